The second-order valence-corrected chi connectivity index (χ2v) is 7.64. The monoisotopic (exact) mass is 359 g/mol. The summed E-state index contributed by atoms with van der Waals surface area (Å²) in [5.74, 6) is 0.988. The molecule has 0 spiro atoms. The topological polar surface area (TPSA) is 31.9 Å². The predicted molar refractivity (Wildman–Crippen MR) is 111 cm³/mol. The predicted octanol–water partition coefficient (Wildman–Crippen LogP) is 4.98. The average Bonchev–Trinajstić information content (AvgIpc) is 3.22. The number of H-pyrrole nitrogens is 1. The van der Waals surface area contributed by atoms with Crippen molar-refractivity contribution in [2.75, 3.05) is 19.6 Å². The molecule has 3 aromatic rings. The highest BCUT2D eigenvalue weighted by molar-refractivity contribution is 5.33. The fourth-order valence-corrected chi connectivity index (χ4v) is 4.45. The summed E-state index contributed by atoms with van der Waals surface area (Å²) in [5, 5.41) is 7.59. The van der Waals surface area contributed by atoms with Gasteiger partial charge in [0.25, 0.3) is 0 Å². The molecular weight excluding hydrogens is 330 g/mol. The summed E-state index contributed by atoms with van der Waals surface area (Å²) in [6.45, 7) is 5.59. The molecule has 1 unspecified atom stereocenters. The zero-order chi connectivity index (χ0) is 18.5. The van der Waals surface area contributed by atoms with Crippen molar-refractivity contribution in [1.82, 2.24) is 15.1 Å². The number of aromatic amines is 1. The number of piperidine rings is 1. The molecule has 1 fully saturated rings. The quantitative estimate of drug-likeness (QED) is 0.673. The highest BCUT2D eigenvalue weighted by atomic mass is 15.2. The highest BCUT2D eigenvalue weighted by Gasteiger charge is 2.26. The number of aryl methyl sites for hydroxylation is 1. The van der Waals surface area contributed by atoms with Gasteiger partial charge in [0.2, 0.25) is 0 Å². The van der Waals surface area contributed by atoms with Crippen LogP contribution in [0.1, 0.15) is 54.0 Å². The van der Waals surface area contributed by atoms with Crippen molar-refractivity contribution in [2.24, 2.45) is 0 Å². The maximum atomic E-state index is 4.31. The first-order chi connectivity index (χ1) is 13.3. The number of likely N-dealkylation sites (tertiary alicyclic amines) is 1. The molecule has 140 valence electrons. The SMILES string of the molecule is CCc1cn[nH]c1C1CCCN(CC(c2ccccc2)c2ccccc2)C1. The van der Waals surface area contributed by atoms with Crippen molar-refractivity contribution < 1.29 is 0 Å². The van der Waals surface area contributed by atoms with Crippen molar-refractivity contribution in [3.63, 3.8) is 0 Å². The van der Waals surface area contributed by atoms with Gasteiger partial charge in [0, 0.05) is 30.6 Å². The van der Waals surface area contributed by atoms with E-state index in [4.69, 9.17) is 0 Å². The summed E-state index contributed by atoms with van der Waals surface area (Å²) < 4.78 is 0. The number of nitrogens with one attached hydrogen (secondary N) is 1. The van der Waals surface area contributed by atoms with Crippen LogP contribution in [0.4, 0.5) is 0 Å². The molecule has 1 aliphatic heterocycles. The van der Waals surface area contributed by atoms with Crippen LogP contribution in [0.2, 0.25) is 0 Å². The lowest BCUT2D eigenvalue weighted by molar-refractivity contribution is 0.200. The molecule has 1 saturated heterocycles. The number of hydrogen-bond acceptors (Lipinski definition) is 2. The van der Waals surface area contributed by atoms with Crippen LogP contribution < -0.4 is 0 Å². The Hall–Kier alpha value is -2.39. The van der Waals surface area contributed by atoms with E-state index in [2.05, 4.69) is 82.7 Å². The standard InChI is InChI=1S/C24H29N3/c1-2-19-16-25-26-24(19)22-14-9-15-27(17-22)18-23(20-10-5-3-6-11-20)21-12-7-4-8-13-21/h3-8,10-13,16,22-23H,2,9,14-15,17-18H2,1H3,(H,25,26). The lowest BCUT2D eigenvalue weighted by Gasteiger charge is -2.35. The minimum Gasteiger partial charge on any atom is -0.302 e. The molecule has 0 radical (unpaired) electrons. The van der Waals surface area contributed by atoms with Gasteiger partial charge in [-0.15, -0.1) is 0 Å². The molecule has 3 nitrogen and oxygen atoms in total. The molecule has 1 aromatic heterocycles. The Morgan fingerprint density at radius 1 is 1.04 bits per heavy atom. The van der Waals surface area contributed by atoms with E-state index in [-0.39, 0.29) is 0 Å². The lowest BCUT2D eigenvalue weighted by Crippen LogP contribution is -2.37. The minimum absolute atomic E-state index is 0.415. The van der Waals surface area contributed by atoms with Crippen molar-refractivity contribution in [3.8, 4) is 0 Å². The van der Waals surface area contributed by atoms with Crippen LogP contribution in [0.3, 0.4) is 0 Å². The van der Waals surface area contributed by atoms with Crippen molar-refractivity contribution in [1.29, 1.82) is 0 Å². The zero-order valence-electron chi connectivity index (χ0n) is 16.1. The molecule has 27 heavy (non-hydrogen) atoms. The van der Waals surface area contributed by atoms with E-state index in [1.54, 1.807) is 0 Å². The summed E-state index contributed by atoms with van der Waals surface area (Å²) in [4.78, 5) is 2.65. The van der Waals surface area contributed by atoms with Gasteiger partial charge in [-0.05, 0) is 42.5 Å². The van der Waals surface area contributed by atoms with Gasteiger partial charge in [0.05, 0.1) is 6.20 Å². The Labute approximate surface area is 162 Å². The third-order valence-electron chi connectivity index (χ3n) is 5.89. The Balaban J connectivity index is 1.54. The van der Waals surface area contributed by atoms with Crippen LogP contribution in [0.25, 0.3) is 0 Å². The first-order valence-corrected chi connectivity index (χ1v) is 10.2. The first kappa shape index (κ1) is 18.0. The number of nitrogens with zero attached hydrogens (tertiary/aromatic N) is 2. The number of aromatic nitrogens is 2. The maximum Gasteiger partial charge on any atom is 0.0522 e. The van der Waals surface area contributed by atoms with Gasteiger partial charge in [-0.1, -0.05) is 67.6 Å². The third-order valence-corrected chi connectivity index (χ3v) is 5.89. The second kappa shape index (κ2) is 8.53. The van der Waals surface area contributed by atoms with E-state index in [1.807, 2.05) is 6.20 Å². The summed E-state index contributed by atoms with van der Waals surface area (Å²) in [6.07, 6.45) is 5.57. The van der Waals surface area contributed by atoms with Gasteiger partial charge < -0.3 is 4.90 Å². The molecule has 0 aliphatic carbocycles. The van der Waals surface area contributed by atoms with Crippen LogP contribution >= 0.6 is 0 Å². The van der Waals surface area contributed by atoms with E-state index >= 15 is 0 Å². The summed E-state index contributed by atoms with van der Waals surface area (Å²) in [6, 6.07) is 21.9. The molecule has 0 bridgehead atoms. The molecular formula is C24H29N3. The zero-order valence-corrected chi connectivity index (χ0v) is 16.1. The molecule has 1 atom stereocenters. The van der Waals surface area contributed by atoms with Gasteiger partial charge in [-0.3, -0.25) is 5.10 Å². The van der Waals surface area contributed by atoms with Gasteiger partial charge in [0.1, 0.15) is 0 Å². The Morgan fingerprint density at radius 2 is 1.70 bits per heavy atom. The van der Waals surface area contributed by atoms with E-state index in [1.165, 1.54) is 41.8 Å². The van der Waals surface area contributed by atoms with E-state index < -0.39 is 0 Å². The van der Waals surface area contributed by atoms with E-state index in [9.17, 15) is 0 Å². The van der Waals surface area contributed by atoms with Crippen molar-refractivity contribution >= 4 is 0 Å². The molecule has 4 rings (SSSR count). The number of rotatable bonds is 6. The Bertz CT molecular complexity index is 786. The minimum atomic E-state index is 0.415. The fraction of sp³-hybridized carbons (Fsp3) is 0.375. The molecule has 0 amide bonds. The number of hydrogen-bond donors (Lipinski definition) is 1. The smallest absolute Gasteiger partial charge is 0.0522 e. The highest BCUT2D eigenvalue weighted by Crippen LogP contribution is 2.31. The van der Waals surface area contributed by atoms with Crippen LogP contribution in [-0.4, -0.2) is 34.7 Å². The van der Waals surface area contributed by atoms with Crippen LogP contribution in [0.15, 0.2) is 66.9 Å². The fourth-order valence-electron chi connectivity index (χ4n) is 4.45. The van der Waals surface area contributed by atoms with Crippen molar-refractivity contribution in [3.05, 3.63) is 89.2 Å². The molecule has 2 heterocycles. The maximum absolute atomic E-state index is 4.31. The summed E-state index contributed by atoms with van der Waals surface area (Å²) in [5.41, 5.74) is 5.55. The molecule has 1 aliphatic rings. The second-order valence-electron chi connectivity index (χ2n) is 7.64. The molecule has 1 N–H and O–H groups in total. The van der Waals surface area contributed by atoms with Crippen LogP contribution in [0, 0.1) is 0 Å². The third kappa shape index (κ3) is 4.14. The average molecular weight is 360 g/mol. The van der Waals surface area contributed by atoms with Gasteiger partial charge in [-0.2, -0.15) is 5.10 Å². The van der Waals surface area contributed by atoms with E-state index in [0.717, 1.165) is 19.5 Å². The lowest BCUT2D eigenvalue weighted by atomic mass is 9.88. The van der Waals surface area contributed by atoms with Gasteiger partial charge in [0.15, 0.2) is 0 Å². The van der Waals surface area contributed by atoms with Crippen molar-refractivity contribution in [2.45, 2.75) is 38.0 Å². The van der Waals surface area contributed by atoms with Crippen LogP contribution in [0.5, 0.6) is 0 Å². The van der Waals surface area contributed by atoms with Gasteiger partial charge >= 0.3 is 0 Å². The molecule has 0 saturated carbocycles. The Kier molecular flexibility index (Phi) is 5.69. The van der Waals surface area contributed by atoms with E-state index in [0.29, 0.717) is 11.8 Å². The summed E-state index contributed by atoms with van der Waals surface area (Å²) >= 11 is 0. The normalized spacial score (nSPS) is 18.1. The van der Waals surface area contributed by atoms with Gasteiger partial charge in [-0.25, -0.2) is 0 Å². The number of benzene rings is 2. The molecule has 2 aromatic carbocycles. The first-order valence-electron chi connectivity index (χ1n) is 10.2. The summed E-state index contributed by atoms with van der Waals surface area (Å²) in [7, 11) is 0. The molecule has 3 heteroatoms. The largest absolute Gasteiger partial charge is 0.302 e. The van der Waals surface area contributed by atoms with Crippen LogP contribution in [-0.2, 0) is 6.42 Å². The Morgan fingerprint density at radius 3 is 2.33 bits per heavy atom.